The molecule has 410 valence electrons. The summed E-state index contributed by atoms with van der Waals surface area (Å²) >= 11 is 0. The maximum atomic E-state index is 3.06. The second kappa shape index (κ2) is 20.4. The van der Waals surface area contributed by atoms with Crippen LogP contribution >= 0.6 is 0 Å². The fraction of sp³-hybridized carbons (Fsp3) is 0.909. The lowest BCUT2D eigenvalue weighted by atomic mass is 9.58. The Labute approximate surface area is 443 Å². The highest BCUT2D eigenvalue weighted by Crippen LogP contribution is 2.61. The van der Waals surface area contributed by atoms with Crippen molar-refractivity contribution >= 4 is 0 Å². The molecule has 0 aliphatic carbocycles. The first-order valence-electron chi connectivity index (χ1n) is 30.5. The van der Waals surface area contributed by atoms with E-state index >= 15 is 0 Å². The van der Waals surface area contributed by atoms with Crippen molar-refractivity contribution in [3.8, 4) is 0 Å². The smallest absolute Gasteiger partial charge is 0.0164 e. The fourth-order valence-corrected chi connectivity index (χ4v) is 19.6. The third-order valence-corrected chi connectivity index (χ3v) is 20.6. The zero-order valence-electron chi connectivity index (χ0n) is 52.3. The molecule has 0 saturated carbocycles. The van der Waals surface area contributed by atoms with Crippen LogP contribution in [0.15, 0.2) is 6.07 Å². The Morgan fingerprint density at radius 3 is 0.592 bits per heavy atom. The number of benzene rings is 1. The van der Waals surface area contributed by atoms with Crippen molar-refractivity contribution in [2.75, 3.05) is 32.7 Å². The van der Waals surface area contributed by atoms with Gasteiger partial charge in [-0.2, -0.15) is 0 Å². The molecule has 0 unspecified atom stereocenters. The van der Waals surface area contributed by atoms with Gasteiger partial charge >= 0.3 is 0 Å². The van der Waals surface area contributed by atoms with Crippen molar-refractivity contribution < 1.29 is 0 Å². The molecular formula is C66H121N5. The summed E-state index contributed by atoms with van der Waals surface area (Å²) in [6.45, 7) is 70.6. The number of hydrogen-bond donors (Lipinski definition) is 0. The molecule has 71 heavy (non-hydrogen) atoms. The average Bonchev–Trinajstić information content (AvgIpc) is 3.19. The Balaban J connectivity index is 1.82. The molecule has 6 rings (SSSR count). The monoisotopic (exact) mass is 984 g/mol. The predicted molar refractivity (Wildman–Crippen MR) is 312 cm³/mol. The van der Waals surface area contributed by atoms with Gasteiger partial charge in [0.25, 0.3) is 0 Å². The summed E-state index contributed by atoms with van der Waals surface area (Å²) in [5.41, 5.74) is 10.2. The molecule has 5 heteroatoms. The van der Waals surface area contributed by atoms with E-state index < -0.39 is 0 Å². The minimum atomic E-state index is 0.0874. The molecule has 5 aliphatic heterocycles. The average molecular weight is 985 g/mol. The van der Waals surface area contributed by atoms with Crippen LogP contribution in [0.1, 0.15) is 327 Å². The molecular weight excluding hydrogens is 863 g/mol. The minimum absolute atomic E-state index is 0.0874. The van der Waals surface area contributed by atoms with Crippen LogP contribution in [0.5, 0.6) is 0 Å². The molecule has 0 aromatic heterocycles. The molecule has 5 fully saturated rings. The minimum Gasteiger partial charge on any atom is -0.293 e. The summed E-state index contributed by atoms with van der Waals surface area (Å²) in [4.78, 5) is 14.7. The highest BCUT2D eigenvalue weighted by Gasteiger charge is 2.55. The van der Waals surface area contributed by atoms with Crippen LogP contribution in [0.4, 0.5) is 0 Å². The van der Waals surface area contributed by atoms with E-state index in [2.05, 4.69) is 204 Å². The summed E-state index contributed by atoms with van der Waals surface area (Å²) < 4.78 is 0. The number of likely N-dealkylation sites (tertiary alicyclic amines) is 5. The van der Waals surface area contributed by atoms with Crippen molar-refractivity contribution in [1.29, 1.82) is 0 Å². The highest BCUT2D eigenvalue weighted by atomic mass is 15.3. The van der Waals surface area contributed by atoms with E-state index in [1.807, 2.05) is 16.7 Å². The molecule has 1 aromatic rings. The van der Waals surface area contributed by atoms with E-state index in [-0.39, 0.29) is 55.4 Å². The summed E-state index contributed by atoms with van der Waals surface area (Å²) in [5, 5.41) is 0. The molecule has 5 saturated heterocycles. The number of nitrogens with zero attached hydrogens (tertiary/aromatic N) is 5. The van der Waals surface area contributed by atoms with Crippen molar-refractivity contribution in [3.05, 3.63) is 33.9 Å². The van der Waals surface area contributed by atoms with Crippen LogP contribution in [0.25, 0.3) is 0 Å². The first-order chi connectivity index (χ1) is 32.4. The van der Waals surface area contributed by atoms with Gasteiger partial charge in [-0.1, -0.05) is 40.7 Å². The Morgan fingerprint density at radius 1 is 0.268 bits per heavy atom. The van der Waals surface area contributed by atoms with Crippen LogP contribution < -0.4 is 0 Å². The zero-order valence-corrected chi connectivity index (χ0v) is 52.3. The van der Waals surface area contributed by atoms with E-state index in [1.54, 1.807) is 11.1 Å². The van der Waals surface area contributed by atoms with Gasteiger partial charge in [0.05, 0.1) is 0 Å². The normalized spacial score (nSPS) is 28.6. The molecule has 0 spiro atoms. The Kier molecular flexibility index (Phi) is 17.1. The molecule has 0 atom stereocenters. The van der Waals surface area contributed by atoms with Gasteiger partial charge < -0.3 is 0 Å². The molecule has 5 nitrogen and oxygen atoms in total. The lowest BCUT2D eigenvalue weighted by Gasteiger charge is -2.60. The first kappa shape index (κ1) is 59.3. The van der Waals surface area contributed by atoms with Crippen LogP contribution in [0.2, 0.25) is 0 Å². The van der Waals surface area contributed by atoms with Crippen molar-refractivity contribution in [1.82, 2.24) is 24.5 Å². The van der Waals surface area contributed by atoms with Crippen molar-refractivity contribution in [2.24, 2.45) is 0 Å². The molecule has 0 radical (unpaired) electrons. The number of piperidine rings is 5. The van der Waals surface area contributed by atoms with E-state index in [0.29, 0.717) is 29.6 Å². The van der Waals surface area contributed by atoms with Crippen LogP contribution in [-0.2, 0) is 0 Å². The standard InChI is InChI=1S/C66H121N5/c1-26-31-67-57(6,7)37-47(38-58(67,8)9)52-36-53(48-39-59(10,11)68(32-27-2)60(12,13)40-48)55(50-43-63(18,19)70(34-29-4)64(20,21)44-50)56(51-45-65(22,23)71(35-30-5)66(24,25)46-51)54(52)49-41-61(14,15)69(33-28-3)62(16,17)42-49/h36,47-51H,26-35,37-46H2,1-25H3. The second-order valence-corrected chi connectivity index (χ2v) is 31.7. The van der Waals surface area contributed by atoms with Gasteiger partial charge in [-0.3, -0.25) is 24.5 Å². The molecule has 0 bridgehead atoms. The van der Waals surface area contributed by atoms with E-state index in [1.165, 1.54) is 129 Å². The summed E-state index contributed by atoms with van der Waals surface area (Å²) in [6.07, 6.45) is 18.4. The molecule has 0 N–H and O–H groups in total. The third kappa shape index (κ3) is 11.5. The Hall–Kier alpha value is -0.980. The van der Waals surface area contributed by atoms with Gasteiger partial charge in [0, 0.05) is 55.4 Å². The van der Waals surface area contributed by atoms with E-state index in [9.17, 15) is 0 Å². The topological polar surface area (TPSA) is 16.2 Å². The van der Waals surface area contributed by atoms with E-state index in [4.69, 9.17) is 0 Å². The highest BCUT2D eigenvalue weighted by molar-refractivity contribution is 5.56. The maximum Gasteiger partial charge on any atom is 0.0164 e. The van der Waals surface area contributed by atoms with Gasteiger partial charge in [0.1, 0.15) is 0 Å². The van der Waals surface area contributed by atoms with Crippen LogP contribution in [0.3, 0.4) is 0 Å². The van der Waals surface area contributed by atoms with Gasteiger partial charge in [0.2, 0.25) is 0 Å². The molecule has 1 aromatic carbocycles. The largest absolute Gasteiger partial charge is 0.293 e. The van der Waals surface area contributed by atoms with Gasteiger partial charge in [0.15, 0.2) is 0 Å². The molecule has 5 aliphatic rings. The van der Waals surface area contributed by atoms with Gasteiger partial charge in [-0.15, -0.1) is 0 Å². The van der Waals surface area contributed by atoms with Gasteiger partial charge in [-0.05, 0) is 325 Å². The lowest BCUT2D eigenvalue weighted by Crippen LogP contribution is -2.62. The fourth-order valence-electron chi connectivity index (χ4n) is 19.6. The predicted octanol–water partition coefficient (Wildman–Crippen LogP) is 17.4. The lowest BCUT2D eigenvalue weighted by molar-refractivity contribution is -0.0444. The van der Waals surface area contributed by atoms with Crippen molar-refractivity contribution in [2.45, 2.75) is 354 Å². The summed E-state index contributed by atoms with van der Waals surface area (Å²) in [7, 11) is 0. The maximum absolute atomic E-state index is 3.06. The molecule has 5 heterocycles. The van der Waals surface area contributed by atoms with Crippen molar-refractivity contribution in [3.63, 3.8) is 0 Å². The SMILES string of the molecule is CCCN1C(C)(C)CC(c2cc(C3CC(C)(C)N(CCC)C(C)(C)C3)c(C3CC(C)(C)N(CCC)C(C)(C)C3)c(C3CC(C)(C)N(CCC)C(C)(C)C3)c2C2CC(C)(C)N(CCC)C(C)(C)C2)CC1(C)C. The first-order valence-corrected chi connectivity index (χ1v) is 30.5. The Morgan fingerprint density at radius 2 is 0.423 bits per heavy atom. The molecule has 0 amide bonds. The zero-order chi connectivity index (χ0) is 53.5. The second-order valence-electron chi connectivity index (χ2n) is 31.7. The van der Waals surface area contributed by atoms with Crippen LogP contribution in [-0.4, -0.2) is 113 Å². The van der Waals surface area contributed by atoms with Gasteiger partial charge in [-0.25, -0.2) is 0 Å². The quantitative estimate of drug-likeness (QED) is 0.174. The summed E-state index contributed by atoms with van der Waals surface area (Å²) in [6, 6.07) is 3.06. The van der Waals surface area contributed by atoms with E-state index in [0.717, 1.165) is 0 Å². The Bertz CT molecular complexity index is 1770. The summed E-state index contributed by atoms with van der Waals surface area (Å²) in [5.74, 6) is 2.53. The van der Waals surface area contributed by atoms with Crippen LogP contribution in [0, 0.1) is 0 Å². The third-order valence-electron chi connectivity index (χ3n) is 20.6. The number of rotatable bonds is 15. The number of hydrogen-bond acceptors (Lipinski definition) is 5.